The van der Waals surface area contributed by atoms with E-state index in [1.807, 2.05) is 43.3 Å². The van der Waals surface area contributed by atoms with Crippen molar-refractivity contribution in [3.63, 3.8) is 0 Å². The Morgan fingerprint density at radius 1 is 1.27 bits per heavy atom. The van der Waals surface area contributed by atoms with Gasteiger partial charge in [-0.1, -0.05) is 48.5 Å². The first-order valence-corrected chi connectivity index (χ1v) is 10.8. The van der Waals surface area contributed by atoms with Crippen LogP contribution >= 0.6 is 0 Å². The monoisotopic (exact) mass is 449 g/mol. The Kier molecular flexibility index (Phi) is 6.89. The van der Waals surface area contributed by atoms with Gasteiger partial charge in [0.1, 0.15) is 0 Å². The van der Waals surface area contributed by atoms with Gasteiger partial charge in [0.05, 0.1) is 11.9 Å². The maximum absolute atomic E-state index is 12.9. The Bertz CT molecular complexity index is 1140. The smallest absolute Gasteiger partial charge is 0.293 e. The summed E-state index contributed by atoms with van der Waals surface area (Å²) >= 11 is 0. The van der Waals surface area contributed by atoms with E-state index in [9.17, 15) is 4.79 Å². The van der Waals surface area contributed by atoms with E-state index in [0.717, 1.165) is 37.1 Å². The lowest BCUT2D eigenvalue weighted by atomic mass is 9.99. The van der Waals surface area contributed by atoms with Gasteiger partial charge in [-0.05, 0) is 60.2 Å². The number of piperidine rings is 1. The zero-order chi connectivity index (χ0) is 23.2. The third-order valence-corrected chi connectivity index (χ3v) is 5.55. The van der Waals surface area contributed by atoms with Crippen LogP contribution < -0.4 is 11.2 Å². The quantitative estimate of drug-likeness (QED) is 0.413. The summed E-state index contributed by atoms with van der Waals surface area (Å²) in [6.45, 7) is 6.45. The first kappa shape index (κ1) is 22.3. The molecule has 33 heavy (non-hydrogen) atoms. The number of carbonyl (C=O) groups is 1. The van der Waals surface area contributed by atoms with Crippen LogP contribution in [-0.2, 0) is 6.54 Å². The number of likely N-dealkylation sites (tertiary alicyclic amines) is 1. The third-order valence-electron chi connectivity index (χ3n) is 5.55. The van der Waals surface area contributed by atoms with Crippen molar-refractivity contribution in [1.82, 2.24) is 35.6 Å². The standard InChI is InChI=1S/C22H27N9O2/c1-15-8-10-30(11-9-15)14-18-19(25-29-31(18)21-20(23)27-33-28-21)22(32)26-24-13-16(2)12-17-6-4-3-5-7-17/h3-7,12-13,15H,8-11,14H2,1-2H3,(H2,23,27)(H,26,32). The number of benzene rings is 1. The first-order valence-electron chi connectivity index (χ1n) is 10.8. The van der Waals surface area contributed by atoms with Crippen LogP contribution in [0, 0.1) is 5.92 Å². The van der Waals surface area contributed by atoms with E-state index in [4.69, 9.17) is 10.4 Å². The van der Waals surface area contributed by atoms with Crippen molar-refractivity contribution in [3.8, 4) is 5.82 Å². The molecule has 3 aromatic rings. The second-order valence-electron chi connectivity index (χ2n) is 8.23. The highest BCUT2D eigenvalue weighted by molar-refractivity contribution is 5.94. The largest absolute Gasteiger partial charge is 0.378 e. The number of allylic oxidation sites excluding steroid dienone is 1. The summed E-state index contributed by atoms with van der Waals surface area (Å²) in [7, 11) is 0. The summed E-state index contributed by atoms with van der Waals surface area (Å²) in [6, 6.07) is 9.86. The normalized spacial score (nSPS) is 15.9. The molecule has 0 aliphatic carbocycles. The number of amides is 1. The van der Waals surface area contributed by atoms with Crippen molar-refractivity contribution in [3.05, 3.63) is 52.9 Å². The maximum atomic E-state index is 12.9. The van der Waals surface area contributed by atoms with E-state index in [1.54, 1.807) is 6.21 Å². The van der Waals surface area contributed by atoms with Crippen LogP contribution in [-0.4, -0.2) is 55.4 Å². The van der Waals surface area contributed by atoms with Crippen molar-refractivity contribution in [2.24, 2.45) is 11.0 Å². The molecular formula is C22H27N9O2. The molecule has 11 nitrogen and oxygen atoms in total. The van der Waals surface area contributed by atoms with Gasteiger partial charge in [0.25, 0.3) is 5.91 Å². The number of nitrogen functional groups attached to an aromatic ring is 1. The Morgan fingerprint density at radius 3 is 2.73 bits per heavy atom. The van der Waals surface area contributed by atoms with E-state index in [0.29, 0.717) is 18.2 Å². The first-order chi connectivity index (χ1) is 16.0. The second-order valence-corrected chi connectivity index (χ2v) is 8.23. The number of carbonyl (C=O) groups excluding carboxylic acids is 1. The summed E-state index contributed by atoms with van der Waals surface area (Å²) < 4.78 is 6.12. The van der Waals surface area contributed by atoms with Gasteiger partial charge in [0.15, 0.2) is 5.69 Å². The molecule has 0 bridgehead atoms. The van der Waals surface area contributed by atoms with Crippen molar-refractivity contribution >= 4 is 24.0 Å². The molecule has 1 fully saturated rings. The number of nitrogens with zero attached hydrogens (tertiary/aromatic N) is 7. The van der Waals surface area contributed by atoms with E-state index < -0.39 is 5.91 Å². The van der Waals surface area contributed by atoms with Gasteiger partial charge < -0.3 is 5.73 Å². The number of nitrogens with one attached hydrogen (secondary N) is 1. The van der Waals surface area contributed by atoms with E-state index in [2.05, 4.69) is 43.0 Å². The number of nitrogens with two attached hydrogens (primary N) is 1. The van der Waals surface area contributed by atoms with Crippen LogP contribution in [0.3, 0.4) is 0 Å². The van der Waals surface area contributed by atoms with Gasteiger partial charge >= 0.3 is 0 Å². The highest BCUT2D eigenvalue weighted by atomic mass is 16.6. The molecule has 11 heteroatoms. The SMILES string of the molecule is CC(C=NNC(=O)c1nnn(-c2nonc2N)c1CN1CCC(C)CC1)=Cc1ccccc1. The molecule has 0 spiro atoms. The minimum atomic E-state index is -0.472. The van der Waals surface area contributed by atoms with Gasteiger partial charge in [-0.3, -0.25) is 9.69 Å². The molecule has 0 saturated carbocycles. The average Bonchev–Trinajstić information content (AvgIpc) is 3.41. The molecule has 2 aromatic heterocycles. The summed E-state index contributed by atoms with van der Waals surface area (Å²) in [5, 5.41) is 19.7. The lowest BCUT2D eigenvalue weighted by Crippen LogP contribution is -2.34. The van der Waals surface area contributed by atoms with Crippen molar-refractivity contribution < 1.29 is 9.42 Å². The summed E-state index contributed by atoms with van der Waals surface area (Å²) in [5.41, 5.74) is 11.0. The molecular weight excluding hydrogens is 422 g/mol. The Hall–Kier alpha value is -3.86. The van der Waals surface area contributed by atoms with Crippen LogP contribution in [0.5, 0.6) is 0 Å². The summed E-state index contributed by atoms with van der Waals surface area (Å²) in [5.74, 6) is 0.483. The average molecular weight is 450 g/mol. The molecule has 1 amide bonds. The van der Waals surface area contributed by atoms with E-state index in [1.165, 1.54) is 4.68 Å². The second kappa shape index (κ2) is 10.2. The molecule has 4 rings (SSSR count). The molecule has 3 heterocycles. The number of anilines is 1. The number of hydrazone groups is 1. The molecule has 3 N–H and O–H groups in total. The van der Waals surface area contributed by atoms with Crippen molar-refractivity contribution in [2.45, 2.75) is 33.2 Å². The molecule has 0 unspecified atom stereocenters. The van der Waals surface area contributed by atoms with E-state index >= 15 is 0 Å². The highest BCUT2D eigenvalue weighted by Crippen LogP contribution is 2.21. The Labute approximate surface area is 191 Å². The predicted octanol–water partition coefficient (Wildman–Crippen LogP) is 2.28. The molecule has 1 aliphatic heterocycles. The fraction of sp³-hybridized carbons (Fsp3) is 0.364. The topological polar surface area (TPSA) is 140 Å². The number of aromatic nitrogens is 5. The fourth-order valence-electron chi connectivity index (χ4n) is 3.65. The lowest BCUT2D eigenvalue weighted by molar-refractivity contribution is 0.0947. The molecule has 0 atom stereocenters. The van der Waals surface area contributed by atoms with Gasteiger partial charge in [-0.25, -0.2) is 10.1 Å². The minimum Gasteiger partial charge on any atom is -0.378 e. The van der Waals surface area contributed by atoms with Crippen LogP contribution in [0.2, 0.25) is 0 Å². The summed E-state index contributed by atoms with van der Waals surface area (Å²) in [6.07, 6.45) is 5.73. The van der Waals surface area contributed by atoms with Crippen LogP contribution in [0.15, 0.2) is 45.6 Å². The minimum absolute atomic E-state index is 0.0695. The fourth-order valence-corrected chi connectivity index (χ4v) is 3.65. The summed E-state index contributed by atoms with van der Waals surface area (Å²) in [4.78, 5) is 15.2. The van der Waals surface area contributed by atoms with Crippen LogP contribution in [0.1, 0.15) is 48.4 Å². The third kappa shape index (κ3) is 5.50. The zero-order valence-electron chi connectivity index (χ0n) is 18.7. The predicted molar refractivity (Wildman–Crippen MR) is 123 cm³/mol. The Morgan fingerprint density at radius 2 is 2.03 bits per heavy atom. The molecule has 0 radical (unpaired) electrons. The lowest BCUT2D eigenvalue weighted by Gasteiger charge is -2.30. The molecule has 1 saturated heterocycles. The van der Waals surface area contributed by atoms with Gasteiger partial charge in [-0.2, -0.15) is 9.78 Å². The van der Waals surface area contributed by atoms with Crippen LogP contribution in [0.25, 0.3) is 11.9 Å². The van der Waals surface area contributed by atoms with E-state index in [-0.39, 0.29) is 17.3 Å². The molecule has 1 aliphatic rings. The maximum Gasteiger partial charge on any atom is 0.293 e. The van der Waals surface area contributed by atoms with Crippen LogP contribution in [0.4, 0.5) is 5.82 Å². The zero-order valence-corrected chi connectivity index (χ0v) is 18.7. The number of hydrogen-bond donors (Lipinski definition) is 2. The van der Waals surface area contributed by atoms with Gasteiger partial charge in [0, 0.05) is 6.54 Å². The number of hydrogen-bond acceptors (Lipinski definition) is 9. The highest BCUT2D eigenvalue weighted by Gasteiger charge is 2.26. The van der Waals surface area contributed by atoms with Gasteiger partial charge in [0.2, 0.25) is 11.6 Å². The number of rotatable bonds is 7. The van der Waals surface area contributed by atoms with Crippen molar-refractivity contribution in [2.75, 3.05) is 18.8 Å². The molecule has 1 aromatic carbocycles. The Balaban J connectivity index is 1.52. The van der Waals surface area contributed by atoms with Gasteiger partial charge in [-0.15, -0.1) is 5.10 Å². The molecule has 172 valence electrons. The van der Waals surface area contributed by atoms with Crippen molar-refractivity contribution in [1.29, 1.82) is 0 Å².